The monoisotopic (exact) mass is 236 g/mol. The van der Waals surface area contributed by atoms with Crippen LogP contribution in [0.2, 0.25) is 0 Å². The van der Waals surface area contributed by atoms with Crippen LogP contribution < -0.4 is 5.73 Å². The third-order valence-corrected chi connectivity index (χ3v) is 3.46. The van der Waals surface area contributed by atoms with Gasteiger partial charge in [-0.05, 0) is 37.8 Å². The normalized spacial score (nSPS) is 16.1. The van der Waals surface area contributed by atoms with Crippen LogP contribution in [0.15, 0.2) is 16.7 Å². The molecule has 3 nitrogen and oxygen atoms in total. The lowest BCUT2D eigenvalue weighted by molar-refractivity contribution is 0.220. The van der Waals surface area contributed by atoms with Gasteiger partial charge in [-0.2, -0.15) is 0 Å². The van der Waals surface area contributed by atoms with E-state index in [0.717, 1.165) is 29.8 Å². The van der Waals surface area contributed by atoms with Crippen molar-refractivity contribution in [3.05, 3.63) is 23.7 Å². The Morgan fingerprint density at radius 1 is 1.47 bits per heavy atom. The minimum atomic E-state index is 0.578. The summed E-state index contributed by atoms with van der Waals surface area (Å²) in [6, 6.07) is 2.77. The van der Waals surface area contributed by atoms with E-state index in [0.29, 0.717) is 6.54 Å². The van der Waals surface area contributed by atoms with E-state index >= 15 is 0 Å². The van der Waals surface area contributed by atoms with Crippen molar-refractivity contribution in [2.75, 3.05) is 6.54 Å². The fourth-order valence-corrected chi connectivity index (χ4v) is 2.13. The van der Waals surface area contributed by atoms with Gasteiger partial charge in [0.05, 0.1) is 12.8 Å². The van der Waals surface area contributed by atoms with Crippen LogP contribution in [0, 0.1) is 5.92 Å². The Morgan fingerprint density at radius 2 is 2.24 bits per heavy atom. The summed E-state index contributed by atoms with van der Waals surface area (Å²) >= 11 is 0. The van der Waals surface area contributed by atoms with E-state index < -0.39 is 0 Å². The molecule has 0 radical (unpaired) electrons. The minimum Gasteiger partial charge on any atom is -0.468 e. The highest BCUT2D eigenvalue weighted by Gasteiger charge is 2.29. The maximum atomic E-state index is 5.71. The molecule has 96 valence electrons. The number of furan rings is 1. The van der Waals surface area contributed by atoms with Gasteiger partial charge in [0, 0.05) is 18.2 Å². The van der Waals surface area contributed by atoms with Gasteiger partial charge in [0.1, 0.15) is 5.76 Å². The molecule has 0 saturated heterocycles. The van der Waals surface area contributed by atoms with E-state index in [1.807, 2.05) is 6.07 Å². The van der Waals surface area contributed by atoms with Crippen LogP contribution in [0.1, 0.15) is 44.4 Å². The summed E-state index contributed by atoms with van der Waals surface area (Å²) in [5.41, 5.74) is 6.86. The molecule has 3 heteroatoms. The highest BCUT2D eigenvalue weighted by Crippen LogP contribution is 2.29. The van der Waals surface area contributed by atoms with E-state index in [9.17, 15) is 0 Å². The largest absolute Gasteiger partial charge is 0.468 e. The zero-order valence-corrected chi connectivity index (χ0v) is 11.0. The molecule has 1 aliphatic rings. The zero-order valence-electron chi connectivity index (χ0n) is 11.0. The Morgan fingerprint density at radius 3 is 2.82 bits per heavy atom. The minimum absolute atomic E-state index is 0.578. The maximum Gasteiger partial charge on any atom is 0.122 e. The lowest BCUT2D eigenvalue weighted by Gasteiger charge is -2.22. The van der Waals surface area contributed by atoms with Crippen LogP contribution in [-0.2, 0) is 13.1 Å². The molecule has 1 aliphatic carbocycles. The average molecular weight is 236 g/mol. The van der Waals surface area contributed by atoms with Crippen molar-refractivity contribution in [1.82, 2.24) is 4.90 Å². The molecule has 2 N–H and O–H groups in total. The van der Waals surface area contributed by atoms with Gasteiger partial charge < -0.3 is 10.2 Å². The van der Waals surface area contributed by atoms with Crippen LogP contribution in [0.3, 0.4) is 0 Å². The number of hydrogen-bond donors (Lipinski definition) is 1. The predicted octanol–water partition coefficient (Wildman–Crippen LogP) is 2.75. The highest BCUT2D eigenvalue weighted by atomic mass is 16.3. The Hall–Kier alpha value is -0.800. The second kappa shape index (κ2) is 5.69. The Bertz CT molecular complexity index is 342. The van der Waals surface area contributed by atoms with Gasteiger partial charge in [-0.15, -0.1) is 0 Å². The highest BCUT2D eigenvalue weighted by molar-refractivity contribution is 5.16. The predicted molar refractivity (Wildman–Crippen MR) is 69.5 cm³/mol. The first-order valence-corrected chi connectivity index (χ1v) is 6.70. The van der Waals surface area contributed by atoms with E-state index in [1.54, 1.807) is 6.26 Å². The number of nitrogens with zero attached hydrogens (tertiary/aromatic N) is 1. The van der Waals surface area contributed by atoms with Crippen molar-refractivity contribution < 1.29 is 4.42 Å². The van der Waals surface area contributed by atoms with Crippen molar-refractivity contribution in [3.63, 3.8) is 0 Å². The molecule has 1 saturated carbocycles. The Kier molecular flexibility index (Phi) is 4.24. The summed E-state index contributed by atoms with van der Waals surface area (Å²) < 4.78 is 5.55. The molecule has 2 rings (SSSR count). The van der Waals surface area contributed by atoms with Crippen molar-refractivity contribution in [3.8, 4) is 0 Å². The third-order valence-electron chi connectivity index (χ3n) is 3.46. The van der Waals surface area contributed by atoms with Crippen LogP contribution in [0.4, 0.5) is 0 Å². The summed E-state index contributed by atoms with van der Waals surface area (Å²) in [7, 11) is 0. The number of hydrogen-bond acceptors (Lipinski definition) is 3. The standard InChI is InChI=1S/C14H24N2O/c1-11(2)5-7-16(13-3-4-13)10-14-12(9-15)6-8-17-14/h6,8,11,13H,3-5,7,9-10,15H2,1-2H3. The molecule has 1 aromatic heterocycles. The molecular formula is C14H24N2O. The second-order valence-electron chi connectivity index (χ2n) is 5.46. The summed E-state index contributed by atoms with van der Waals surface area (Å²) in [5.74, 6) is 1.82. The van der Waals surface area contributed by atoms with Crippen molar-refractivity contribution >= 4 is 0 Å². The lowest BCUT2D eigenvalue weighted by atomic mass is 10.1. The van der Waals surface area contributed by atoms with E-state index in [2.05, 4.69) is 18.7 Å². The van der Waals surface area contributed by atoms with Crippen molar-refractivity contribution in [1.29, 1.82) is 0 Å². The molecule has 0 bridgehead atoms. The first-order valence-electron chi connectivity index (χ1n) is 6.70. The molecule has 0 aromatic carbocycles. The van der Waals surface area contributed by atoms with Gasteiger partial charge in [0.25, 0.3) is 0 Å². The topological polar surface area (TPSA) is 42.4 Å². The fourth-order valence-electron chi connectivity index (χ4n) is 2.13. The fraction of sp³-hybridized carbons (Fsp3) is 0.714. The molecule has 1 aromatic rings. The van der Waals surface area contributed by atoms with Gasteiger partial charge in [-0.1, -0.05) is 13.8 Å². The second-order valence-corrected chi connectivity index (χ2v) is 5.46. The molecule has 1 fully saturated rings. The lowest BCUT2D eigenvalue weighted by Crippen LogP contribution is -2.27. The first kappa shape index (κ1) is 12.7. The summed E-state index contributed by atoms with van der Waals surface area (Å²) in [6.45, 7) is 7.24. The molecular weight excluding hydrogens is 212 g/mol. The van der Waals surface area contributed by atoms with Gasteiger partial charge in [0.15, 0.2) is 0 Å². The van der Waals surface area contributed by atoms with Crippen LogP contribution in [0.5, 0.6) is 0 Å². The number of nitrogens with two attached hydrogens (primary N) is 1. The Labute approximate surface area is 104 Å². The van der Waals surface area contributed by atoms with Crippen LogP contribution in [0.25, 0.3) is 0 Å². The SMILES string of the molecule is CC(C)CCN(Cc1occc1CN)C1CC1. The Balaban J connectivity index is 1.93. The molecule has 0 amide bonds. The molecule has 17 heavy (non-hydrogen) atoms. The summed E-state index contributed by atoms with van der Waals surface area (Å²) in [4.78, 5) is 2.55. The summed E-state index contributed by atoms with van der Waals surface area (Å²) in [6.07, 6.45) is 5.70. The van der Waals surface area contributed by atoms with Crippen molar-refractivity contribution in [2.45, 2.75) is 52.2 Å². The van der Waals surface area contributed by atoms with E-state index in [4.69, 9.17) is 10.2 Å². The summed E-state index contributed by atoms with van der Waals surface area (Å²) in [5, 5.41) is 0. The quantitative estimate of drug-likeness (QED) is 0.791. The number of rotatable bonds is 7. The molecule has 0 aliphatic heterocycles. The van der Waals surface area contributed by atoms with E-state index in [1.165, 1.54) is 25.8 Å². The van der Waals surface area contributed by atoms with Gasteiger partial charge >= 0.3 is 0 Å². The molecule has 0 spiro atoms. The van der Waals surface area contributed by atoms with E-state index in [-0.39, 0.29) is 0 Å². The van der Waals surface area contributed by atoms with Crippen LogP contribution in [-0.4, -0.2) is 17.5 Å². The zero-order chi connectivity index (χ0) is 12.3. The first-order chi connectivity index (χ1) is 8.20. The molecule has 0 atom stereocenters. The third kappa shape index (κ3) is 3.58. The molecule has 1 heterocycles. The van der Waals surface area contributed by atoms with Gasteiger partial charge in [-0.25, -0.2) is 0 Å². The van der Waals surface area contributed by atoms with Gasteiger partial charge in [-0.3, -0.25) is 4.90 Å². The maximum absolute atomic E-state index is 5.71. The average Bonchev–Trinajstić information content (AvgIpc) is 3.04. The van der Waals surface area contributed by atoms with Crippen molar-refractivity contribution in [2.24, 2.45) is 11.7 Å². The van der Waals surface area contributed by atoms with Gasteiger partial charge in [0.2, 0.25) is 0 Å². The van der Waals surface area contributed by atoms with Crippen LogP contribution >= 0.6 is 0 Å². The molecule has 0 unspecified atom stereocenters. The smallest absolute Gasteiger partial charge is 0.122 e.